The molecule has 16 heavy (non-hydrogen) atoms. The molecule has 0 amide bonds. The lowest BCUT2D eigenvalue weighted by molar-refractivity contribution is -0.1000. The topological polar surface area (TPSA) is 21.7 Å². The number of nitrogens with zero attached hydrogens (tertiary/aromatic N) is 1. The molecule has 2 fully saturated rings. The lowest BCUT2D eigenvalue weighted by atomic mass is 9.87. The van der Waals surface area contributed by atoms with Crippen molar-refractivity contribution >= 4 is 0 Å². The quantitative estimate of drug-likeness (QED) is 0.683. The third-order valence-corrected chi connectivity index (χ3v) is 3.77. The minimum atomic E-state index is 0.254. The average molecular weight is 227 g/mol. The van der Waals surface area contributed by atoms with Crippen molar-refractivity contribution in [1.82, 2.24) is 4.90 Å². The zero-order chi connectivity index (χ0) is 11.6. The Kier molecular flexibility index (Phi) is 3.88. The van der Waals surface area contributed by atoms with Gasteiger partial charge in [0.05, 0.1) is 12.7 Å². The Labute approximate surface area is 99.1 Å². The van der Waals surface area contributed by atoms with Gasteiger partial charge in [0.2, 0.25) is 0 Å². The van der Waals surface area contributed by atoms with Crippen molar-refractivity contribution in [2.75, 3.05) is 32.9 Å². The van der Waals surface area contributed by atoms with E-state index in [1.165, 1.54) is 12.8 Å². The molecule has 1 atom stereocenters. The summed E-state index contributed by atoms with van der Waals surface area (Å²) in [5, 5.41) is 0. The maximum Gasteiger partial charge on any atom is 0.0750 e. The van der Waals surface area contributed by atoms with Crippen LogP contribution in [0.1, 0.15) is 33.6 Å². The summed E-state index contributed by atoms with van der Waals surface area (Å²) < 4.78 is 11.3. The Hall–Kier alpha value is -0.120. The summed E-state index contributed by atoms with van der Waals surface area (Å²) in [6, 6.07) is 0.725. The summed E-state index contributed by atoms with van der Waals surface area (Å²) in [6.45, 7) is 11.7. The molecule has 3 nitrogen and oxygen atoms in total. The van der Waals surface area contributed by atoms with E-state index in [1.54, 1.807) is 0 Å². The smallest absolute Gasteiger partial charge is 0.0750 e. The Balaban J connectivity index is 1.90. The maximum atomic E-state index is 5.89. The number of rotatable bonds is 1. The molecule has 3 heteroatoms. The lowest BCUT2D eigenvalue weighted by Crippen LogP contribution is -2.52. The van der Waals surface area contributed by atoms with Crippen molar-refractivity contribution in [3.05, 3.63) is 0 Å². The number of ether oxygens (including phenoxy) is 2. The van der Waals surface area contributed by atoms with Gasteiger partial charge in [-0.25, -0.2) is 0 Å². The number of morpholine rings is 1. The van der Waals surface area contributed by atoms with Crippen molar-refractivity contribution in [3.63, 3.8) is 0 Å². The fourth-order valence-electron chi connectivity index (χ4n) is 2.57. The van der Waals surface area contributed by atoms with Crippen molar-refractivity contribution in [2.45, 2.75) is 45.8 Å². The van der Waals surface area contributed by atoms with E-state index in [9.17, 15) is 0 Å². The molecule has 2 aliphatic heterocycles. The summed E-state index contributed by atoms with van der Waals surface area (Å²) >= 11 is 0. The molecule has 0 aromatic carbocycles. The minimum Gasteiger partial charge on any atom is -0.381 e. The molecular weight excluding hydrogens is 202 g/mol. The number of hydrogen-bond acceptors (Lipinski definition) is 3. The highest BCUT2D eigenvalue weighted by molar-refractivity contribution is 4.85. The van der Waals surface area contributed by atoms with Crippen LogP contribution in [0, 0.1) is 5.41 Å². The number of hydrogen-bond donors (Lipinski definition) is 0. The van der Waals surface area contributed by atoms with Crippen molar-refractivity contribution in [2.24, 2.45) is 5.41 Å². The molecule has 0 N–H and O–H groups in total. The van der Waals surface area contributed by atoms with Crippen LogP contribution in [0.2, 0.25) is 0 Å². The molecule has 0 aliphatic carbocycles. The van der Waals surface area contributed by atoms with E-state index in [0.717, 1.165) is 39.0 Å². The van der Waals surface area contributed by atoms with Crippen LogP contribution in [0.3, 0.4) is 0 Å². The monoisotopic (exact) mass is 227 g/mol. The van der Waals surface area contributed by atoms with Crippen LogP contribution in [-0.2, 0) is 9.47 Å². The van der Waals surface area contributed by atoms with Crippen LogP contribution < -0.4 is 0 Å². The molecule has 0 radical (unpaired) electrons. The molecule has 0 bridgehead atoms. The minimum absolute atomic E-state index is 0.254. The first-order chi connectivity index (χ1) is 7.57. The first-order valence-electron chi connectivity index (χ1n) is 6.51. The second-order valence-electron chi connectivity index (χ2n) is 6.06. The van der Waals surface area contributed by atoms with E-state index < -0.39 is 0 Å². The summed E-state index contributed by atoms with van der Waals surface area (Å²) in [5.74, 6) is 0. The van der Waals surface area contributed by atoms with Gasteiger partial charge in [0.1, 0.15) is 0 Å². The summed E-state index contributed by atoms with van der Waals surface area (Å²) in [5.41, 5.74) is 0.254. The molecule has 0 aromatic rings. The Morgan fingerprint density at radius 2 is 1.75 bits per heavy atom. The Bertz CT molecular complexity index is 218. The van der Waals surface area contributed by atoms with Crippen LogP contribution in [0.4, 0.5) is 0 Å². The molecule has 2 aliphatic rings. The highest BCUT2D eigenvalue weighted by Crippen LogP contribution is 2.27. The molecule has 0 aromatic heterocycles. The first-order valence-corrected chi connectivity index (χ1v) is 6.51. The van der Waals surface area contributed by atoms with Crippen LogP contribution in [0.5, 0.6) is 0 Å². The summed E-state index contributed by atoms with van der Waals surface area (Å²) in [4.78, 5) is 2.61. The third kappa shape index (κ3) is 2.96. The fourth-order valence-corrected chi connectivity index (χ4v) is 2.57. The molecule has 2 heterocycles. The van der Waals surface area contributed by atoms with Gasteiger partial charge in [-0.05, 0) is 18.3 Å². The highest BCUT2D eigenvalue weighted by atomic mass is 16.5. The van der Waals surface area contributed by atoms with Gasteiger partial charge >= 0.3 is 0 Å². The highest BCUT2D eigenvalue weighted by Gasteiger charge is 2.33. The van der Waals surface area contributed by atoms with Gasteiger partial charge in [-0.2, -0.15) is 0 Å². The van der Waals surface area contributed by atoms with Gasteiger partial charge in [-0.1, -0.05) is 20.8 Å². The molecule has 0 saturated carbocycles. The molecule has 0 spiro atoms. The van der Waals surface area contributed by atoms with E-state index in [4.69, 9.17) is 9.47 Å². The van der Waals surface area contributed by atoms with Gasteiger partial charge in [-0.3, -0.25) is 4.90 Å². The maximum absolute atomic E-state index is 5.89. The normalized spacial score (nSPS) is 30.6. The van der Waals surface area contributed by atoms with Gasteiger partial charge < -0.3 is 9.47 Å². The zero-order valence-electron chi connectivity index (χ0n) is 10.9. The third-order valence-electron chi connectivity index (χ3n) is 3.77. The van der Waals surface area contributed by atoms with Crippen LogP contribution in [0.25, 0.3) is 0 Å². The van der Waals surface area contributed by atoms with Crippen LogP contribution in [0.15, 0.2) is 0 Å². The van der Waals surface area contributed by atoms with Crippen molar-refractivity contribution in [1.29, 1.82) is 0 Å². The van der Waals surface area contributed by atoms with Gasteiger partial charge in [0, 0.05) is 32.3 Å². The molecular formula is C13H25NO2. The van der Waals surface area contributed by atoms with Crippen LogP contribution >= 0.6 is 0 Å². The summed E-state index contributed by atoms with van der Waals surface area (Å²) in [6.07, 6.45) is 2.76. The Morgan fingerprint density at radius 1 is 1.06 bits per heavy atom. The molecule has 94 valence electrons. The van der Waals surface area contributed by atoms with Crippen LogP contribution in [-0.4, -0.2) is 50.0 Å². The van der Waals surface area contributed by atoms with E-state index in [2.05, 4.69) is 25.7 Å². The first kappa shape index (κ1) is 12.3. The predicted molar refractivity (Wildman–Crippen MR) is 64.6 cm³/mol. The second-order valence-corrected chi connectivity index (χ2v) is 6.06. The van der Waals surface area contributed by atoms with E-state index in [-0.39, 0.29) is 5.41 Å². The Morgan fingerprint density at radius 3 is 2.38 bits per heavy atom. The predicted octanol–water partition coefficient (Wildman–Crippen LogP) is 1.91. The summed E-state index contributed by atoms with van der Waals surface area (Å²) in [7, 11) is 0. The SMILES string of the molecule is CC(C)(C)C1CN(C2CCOCC2)CCO1. The second kappa shape index (κ2) is 5.03. The molecule has 1 unspecified atom stereocenters. The van der Waals surface area contributed by atoms with Crippen molar-refractivity contribution in [3.8, 4) is 0 Å². The van der Waals surface area contributed by atoms with Gasteiger partial charge in [-0.15, -0.1) is 0 Å². The van der Waals surface area contributed by atoms with Gasteiger partial charge in [0.25, 0.3) is 0 Å². The van der Waals surface area contributed by atoms with E-state index >= 15 is 0 Å². The van der Waals surface area contributed by atoms with E-state index in [0.29, 0.717) is 6.10 Å². The molecule has 2 saturated heterocycles. The largest absolute Gasteiger partial charge is 0.381 e. The fraction of sp³-hybridized carbons (Fsp3) is 1.00. The molecule has 2 rings (SSSR count). The zero-order valence-corrected chi connectivity index (χ0v) is 10.9. The van der Waals surface area contributed by atoms with E-state index in [1.807, 2.05) is 0 Å². The van der Waals surface area contributed by atoms with Gasteiger partial charge in [0.15, 0.2) is 0 Å². The van der Waals surface area contributed by atoms with Crippen molar-refractivity contribution < 1.29 is 9.47 Å². The average Bonchev–Trinajstić information content (AvgIpc) is 2.29. The lowest BCUT2D eigenvalue weighted by Gasteiger charge is -2.43. The standard InChI is InChI=1S/C13H25NO2/c1-13(2,3)12-10-14(6-9-16-12)11-4-7-15-8-5-11/h11-12H,4-10H2,1-3H3.